The van der Waals surface area contributed by atoms with Crippen LogP contribution in [0.15, 0.2) is 12.1 Å². The summed E-state index contributed by atoms with van der Waals surface area (Å²) in [6, 6.07) is 4.16. The van der Waals surface area contributed by atoms with Crippen molar-refractivity contribution >= 4 is 22.9 Å². The molecule has 0 saturated carbocycles. The summed E-state index contributed by atoms with van der Waals surface area (Å²) < 4.78 is 0.897. The Morgan fingerprint density at radius 2 is 2.12 bits per heavy atom. The first-order chi connectivity index (χ1) is 7.95. The Labute approximate surface area is 115 Å². The maximum atomic E-state index is 5.98. The van der Waals surface area contributed by atoms with Gasteiger partial charge < -0.3 is 5.32 Å². The monoisotopic (exact) mass is 273 g/mol. The molecule has 1 heterocycles. The second-order valence-electron chi connectivity index (χ2n) is 5.57. The highest BCUT2D eigenvalue weighted by Crippen LogP contribution is 2.31. The van der Waals surface area contributed by atoms with Crippen LogP contribution in [0.1, 0.15) is 39.0 Å². The normalized spacial score (nSPS) is 15.2. The van der Waals surface area contributed by atoms with Crippen LogP contribution in [0.25, 0.3) is 0 Å². The van der Waals surface area contributed by atoms with Crippen LogP contribution in [-0.4, -0.2) is 13.1 Å². The van der Waals surface area contributed by atoms with Gasteiger partial charge in [0.15, 0.2) is 0 Å². The molecule has 3 heteroatoms. The summed E-state index contributed by atoms with van der Waals surface area (Å²) in [7, 11) is 0. The summed E-state index contributed by atoms with van der Waals surface area (Å²) in [5, 5.41) is 3.58. The van der Waals surface area contributed by atoms with Gasteiger partial charge in [0, 0.05) is 11.4 Å². The Hall–Kier alpha value is -0.0500. The molecule has 1 nitrogen and oxygen atoms in total. The van der Waals surface area contributed by atoms with E-state index in [4.69, 9.17) is 11.6 Å². The summed E-state index contributed by atoms with van der Waals surface area (Å²) in [5.41, 5.74) is 0.336. The van der Waals surface area contributed by atoms with Crippen molar-refractivity contribution in [1.82, 2.24) is 5.32 Å². The fourth-order valence-corrected chi connectivity index (χ4v) is 3.15. The third kappa shape index (κ3) is 5.41. The molecule has 0 radical (unpaired) electrons. The molecular formula is C14H24ClNS. The van der Waals surface area contributed by atoms with Gasteiger partial charge in [0.25, 0.3) is 0 Å². The highest BCUT2D eigenvalue weighted by molar-refractivity contribution is 7.16. The lowest BCUT2D eigenvalue weighted by Gasteiger charge is -2.28. The second-order valence-corrected chi connectivity index (χ2v) is 7.37. The lowest BCUT2D eigenvalue weighted by Crippen LogP contribution is -2.34. The zero-order valence-electron chi connectivity index (χ0n) is 11.3. The molecule has 1 N–H and O–H groups in total. The standard InChI is InChI=1S/C14H24ClNS/c1-5-14(4,10-16-9-11(2)3)8-12-6-7-13(15)17-12/h6-7,11,16H,5,8-10H2,1-4H3. The first-order valence-corrected chi connectivity index (χ1v) is 7.59. The molecule has 98 valence electrons. The van der Waals surface area contributed by atoms with Crippen molar-refractivity contribution in [3.8, 4) is 0 Å². The molecule has 17 heavy (non-hydrogen) atoms. The van der Waals surface area contributed by atoms with Crippen molar-refractivity contribution in [2.75, 3.05) is 13.1 Å². The van der Waals surface area contributed by atoms with Crippen LogP contribution >= 0.6 is 22.9 Å². The maximum Gasteiger partial charge on any atom is 0.0931 e. The molecule has 1 aromatic heterocycles. The fourth-order valence-electron chi connectivity index (χ4n) is 1.84. The summed E-state index contributed by atoms with van der Waals surface area (Å²) in [6.07, 6.45) is 2.31. The molecule has 0 aliphatic rings. The Balaban J connectivity index is 2.50. The van der Waals surface area contributed by atoms with E-state index in [0.717, 1.165) is 23.8 Å². The van der Waals surface area contributed by atoms with E-state index >= 15 is 0 Å². The van der Waals surface area contributed by atoms with E-state index in [2.05, 4.69) is 39.1 Å². The van der Waals surface area contributed by atoms with E-state index in [-0.39, 0.29) is 0 Å². The quantitative estimate of drug-likeness (QED) is 0.765. The molecule has 0 aliphatic heterocycles. The van der Waals surface area contributed by atoms with Crippen molar-refractivity contribution in [2.45, 2.75) is 40.5 Å². The average Bonchev–Trinajstić information content (AvgIpc) is 2.63. The maximum absolute atomic E-state index is 5.98. The number of thiophene rings is 1. The molecule has 1 aromatic rings. The average molecular weight is 274 g/mol. The highest BCUT2D eigenvalue weighted by Gasteiger charge is 2.23. The van der Waals surface area contributed by atoms with Crippen LogP contribution in [0.3, 0.4) is 0 Å². The molecule has 0 amide bonds. The summed E-state index contributed by atoms with van der Waals surface area (Å²) in [5.74, 6) is 0.715. The largest absolute Gasteiger partial charge is 0.316 e. The van der Waals surface area contributed by atoms with E-state index in [1.165, 1.54) is 11.3 Å². The third-order valence-electron chi connectivity index (χ3n) is 3.19. The van der Waals surface area contributed by atoms with Crippen molar-refractivity contribution in [2.24, 2.45) is 11.3 Å². The van der Waals surface area contributed by atoms with Crippen molar-refractivity contribution in [3.63, 3.8) is 0 Å². The highest BCUT2D eigenvalue weighted by atomic mass is 35.5. The SMILES string of the molecule is CCC(C)(CNCC(C)C)Cc1ccc(Cl)s1. The van der Waals surface area contributed by atoms with E-state index in [1.807, 2.05) is 6.07 Å². The Kier molecular flexibility index (Phi) is 5.98. The van der Waals surface area contributed by atoms with E-state index in [1.54, 1.807) is 11.3 Å². The molecule has 1 rings (SSSR count). The van der Waals surface area contributed by atoms with E-state index in [0.29, 0.717) is 11.3 Å². The van der Waals surface area contributed by atoms with Gasteiger partial charge in [-0.2, -0.15) is 0 Å². The number of hydrogen-bond donors (Lipinski definition) is 1. The molecule has 0 spiro atoms. The van der Waals surface area contributed by atoms with Gasteiger partial charge in [0.2, 0.25) is 0 Å². The molecule has 0 aromatic carbocycles. The van der Waals surface area contributed by atoms with E-state index in [9.17, 15) is 0 Å². The van der Waals surface area contributed by atoms with Gasteiger partial charge in [-0.1, -0.05) is 39.3 Å². The van der Waals surface area contributed by atoms with E-state index < -0.39 is 0 Å². The molecule has 0 bridgehead atoms. The van der Waals surface area contributed by atoms with Crippen molar-refractivity contribution < 1.29 is 0 Å². The number of hydrogen-bond acceptors (Lipinski definition) is 2. The lowest BCUT2D eigenvalue weighted by molar-refractivity contribution is 0.287. The predicted molar refractivity (Wildman–Crippen MR) is 79.1 cm³/mol. The van der Waals surface area contributed by atoms with Crippen molar-refractivity contribution in [1.29, 1.82) is 0 Å². The Morgan fingerprint density at radius 1 is 1.41 bits per heavy atom. The minimum Gasteiger partial charge on any atom is -0.316 e. The Morgan fingerprint density at radius 3 is 2.59 bits per heavy atom. The van der Waals surface area contributed by atoms with Crippen LogP contribution in [0.4, 0.5) is 0 Å². The van der Waals surface area contributed by atoms with Gasteiger partial charge in [0.1, 0.15) is 0 Å². The summed E-state index contributed by atoms with van der Waals surface area (Å²) in [6.45, 7) is 11.3. The lowest BCUT2D eigenvalue weighted by atomic mass is 9.83. The summed E-state index contributed by atoms with van der Waals surface area (Å²) >= 11 is 7.69. The van der Waals surface area contributed by atoms with Crippen molar-refractivity contribution in [3.05, 3.63) is 21.3 Å². The van der Waals surface area contributed by atoms with Crippen LogP contribution in [0.2, 0.25) is 4.34 Å². The minimum absolute atomic E-state index is 0.336. The van der Waals surface area contributed by atoms with Gasteiger partial charge in [-0.05, 0) is 42.9 Å². The number of rotatable bonds is 7. The molecule has 0 fully saturated rings. The Bertz CT molecular complexity index is 335. The topological polar surface area (TPSA) is 12.0 Å². The predicted octanol–water partition coefficient (Wildman–Crippen LogP) is 4.61. The fraction of sp³-hybridized carbons (Fsp3) is 0.714. The van der Waals surface area contributed by atoms with Crippen LogP contribution < -0.4 is 5.32 Å². The molecule has 1 atom stereocenters. The van der Waals surface area contributed by atoms with Crippen LogP contribution in [0.5, 0.6) is 0 Å². The minimum atomic E-state index is 0.336. The van der Waals surface area contributed by atoms with Gasteiger partial charge in [-0.15, -0.1) is 11.3 Å². The number of halogens is 1. The van der Waals surface area contributed by atoms with Gasteiger partial charge >= 0.3 is 0 Å². The second kappa shape index (κ2) is 6.77. The van der Waals surface area contributed by atoms with Gasteiger partial charge in [-0.25, -0.2) is 0 Å². The van der Waals surface area contributed by atoms with Gasteiger partial charge in [-0.3, -0.25) is 0 Å². The first-order valence-electron chi connectivity index (χ1n) is 6.40. The van der Waals surface area contributed by atoms with Crippen LogP contribution in [0, 0.1) is 11.3 Å². The molecule has 0 saturated heterocycles. The summed E-state index contributed by atoms with van der Waals surface area (Å²) in [4.78, 5) is 1.39. The molecular weight excluding hydrogens is 250 g/mol. The first kappa shape index (κ1) is 15.0. The zero-order valence-corrected chi connectivity index (χ0v) is 12.9. The smallest absolute Gasteiger partial charge is 0.0931 e. The zero-order chi connectivity index (χ0) is 12.9. The van der Waals surface area contributed by atoms with Crippen LogP contribution in [-0.2, 0) is 6.42 Å². The number of nitrogens with one attached hydrogen (secondary N) is 1. The molecule has 0 aliphatic carbocycles. The molecule has 1 unspecified atom stereocenters. The van der Waals surface area contributed by atoms with Gasteiger partial charge in [0.05, 0.1) is 4.34 Å². The third-order valence-corrected chi connectivity index (χ3v) is 4.42.